The molecule has 1 fully saturated rings. The first kappa shape index (κ1) is 14.1. The third-order valence-electron chi connectivity index (χ3n) is 4.93. The van der Waals surface area contributed by atoms with E-state index in [9.17, 15) is 9.59 Å². The summed E-state index contributed by atoms with van der Waals surface area (Å²) in [5.74, 6) is 0.0821. The fourth-order valence-corrected chi connectivity index (χ4v) is 3.74. The highest BCUT2D eigenvalue weighted by atomic mass is 16.3. The van der Waals surface area contributed by atoms with E-state index in [1.54, 1.807) is 12.1 Å². The van der Waals surface area contributed by atoms with Crippen molar-refractivity contribution in [3.05, 3.63) is 47.9 Å². The van der Waals surface area contributed by atoms with E-state index in [0.29, 0.717) is 5.69 Å². The van der Waals surface area contributed by atoms with Crippen LogP contribution in [0.15, 0.2) is 41.0 Å². The Hall–Kier alpha value is -2.56. The van der Waals surface area contributed by atoms with Crippen molar-refractivity contribution in [2.24, 2.45) is 0 Å². The summed E-state index contributed by atoms with van der Waals surface area (Å²) in [5, 5.41) is 5.83. The minimum Gasteiger partial charge on any atom is -0.459 e. The Morgan fingerprint density at radius 2 is 2.00 bits per heavy atom. The number of carbonyl (C=O) groups is 2. The van der Waals surface area contributed by atoms with Gasteiger partial charge >= 0.3 is 0 Å². The molecule has 0 unspecified atom stereocenters. The molecule has 2 N–H and O–H groups in total. The molecule has 0 bridgehead atoms. The SMILES string of the molecule is O=C(Nc1ccc2c(c1)C1(CCCCC1)C(=O)N2)c1ccco1. The Morgan fingerprint density at radius 3 is 2.74 bits per heavy atom. The first-order valence-corrected chi connectivity index (χ1v) is 8.00. The zero-order valence-electron chi connectivity index (χ0n) is 12.7. The molecule has 5 nitrogen and oxygen atoms in total. The molecule has 1 aromatic carbocycles. The number of hydrogen-bond donors (Lipinski definition) is 2. The lowest BCUT2D eigenvalue weighted by Crippen LogP contribution is -2.36. The van der Waals surface area contributed by atoms with Gasteiger partial charge in [0.2, 0.25) is 5.91 Å². The van der Waals surface area contributed by atoms with E-state index in [1.807, 2.05) is 18.2 Å². The van der Waals surface area contributed by atoms with Gasteiger partial charge in [-0.3, -0.25) is 9.59 Å². The topological polar surface area (TPSA) is 71.3 Å². The third-order valence-corrected chi connectivity index (χ3v) is 4.93. The summed E-state index contributed by atoms with van der Waals surface area (Å²) >= 11 is 0. The highest BCUT2D eigenvalue weighted by Gasteiger charge is 2.47. The quantitative estimate of drug-likeness (QED) is 0.888. The van der Waals surface area contributed by atoms with Crippen molar-refractivity contribution in [3.63, 3.8) is 0 Å². The zero-order chi connectivity index (χ0) is 15.9. The van der Waals surface area contributed by atoms with Crippen LogP contribution in [-0.4, -0.2) is 11.8 Å². The lowest BCUT2D eigenvalue weighted by Gasteiger charge is -2.31. The fraction of sp³-hybridized carbons (Fsp3) is 0.333. The standard InChI is InChI=1S/C18H18N2O3/c21-16(15-5-4-10-23-15)19-12-6-7-14-13(11-12)18(17(22)20-14)8-2-1-3-9-18/h4-7,10-11H,1-3,8-9H2,(H,19,21)(H,20,22). The minimum absolute atomic E-state index is 0.0988. The van der Waals surface area contributed by atoms with Crippen LogP contribution in [0.5, 0.6) is 0 Å². The van der Waals surface area contributed by atoms with Gasteiger partial charge in [-0.25, -0.2) is 0 Å². The van der Waals surface area contributed by atoms with Gasteiger partial charge < -0.3 is 15.1 Å². The van der Waals surface area contributed by atoms with Gasteiger partial charge in [0, 0.05) is 11.4 Å². The van der Waals surface area contributed by atoms with E-state index < -0.39 is 5.41 Å². The molecule has 23 heavy (non-hydrogen) atoms. The van der Waals surface area contributed by atoms with Gasteiger partial charge in [-0.2, -0.15) is 0 Å². The Bertz CT molecular complexity index is 759. The van der Waals surface area contributed by atoms with Crippen molar-refractivity contribution >= 4 is 23.2 Å². The van der Waals surface area contributed by atoms with Crippen molar-refractivity contribution in [1.82, 2.24) is 0 Å². The normalized spacial score (nSPS) is 18.5. The summed E-state index contributed by atoms with van der Waals surface area (Å²) in [5.41, 5.74) is 2.15. The summed E-state index contributed by atoms with van der Waals surface area (Å²) in [6, 6.07) is 8.91. The number of furan rings is 1. The highest BCUT2D eigenvalue weighted by molar-refractivity contribution is 6.07. The lowest BCUT2D eigenvalue weighted by atomic mass is 9.70. The Labute approximate surface area is 134 Å². The number of nitrogens with one attached hydrogen (secondary N) is 2. The predicted molar refractivity (Wildman–Crippen MR) is 86.5 cm³/mol. The maximum atomic E-state index is 12.5. The molecule has 2 amide bonds. The van der Waals surface area contributed by atoms with Gasteiger partial charge in [-0.15, -0.1) is 0 Å². The molecule has 0 atom stereocenters. The maximum Gasteiger partial charge on any atom is 0.291 e. The van der Waals surface area contributed by atoms with Crippen LogP contribution in [0.2, 0.25) is 0 Å². The minimum atomic E-state index is -0.418. The van der Waals surface area contributed by atoms with Gasteiger partial charge in [0.15, 0.2) is 5.76 Å². The Morgan fingerprint density at radius 1 is 1.17 bits per heavy atom. The number of fused-ring (bicyclic) bond motifs is 2. The maximum absolute atomic E-state index is 12.5. The molecule has 0 radical (unpaired) electrons. The molecule has 1 aliphatic carbocycles. The second-order valence-corrected chi connectivity index (χ2v) is 6.29. The summed E-state index contributed by atoms with van der Waals surface area (Å²) in [6.45, 7) is 0. The first-order chi connectivity index (χ1) is 11.2. The van der Waals surface area contributed by atoms with Crippen LogP contribution in [0.1, 0.15) is 48.2 Å². The van der Waals surface area contributed by atoms with Crippen LogP contribution < -0.4 is 10.6 Å². The first-order valence-electron chi connectivity index (χ1n) is 8.00. The van der Waals surface area contributed by atoms with Gasteiger partial charge in [0.1, 0.15) is 0 Å². The van der Waals surface area contributed by atoms with Gasteiger partial charge in [-0.05, 0) is 48.7 Å². The fourth-order valence-electron chi connectivity index (χ4n) is 3.74. The van der Waals surface area contributed by atoms with Crippen molar-refractivity contribution < 1.29 is 14.0 Å². The van der Waals surface area contributed by atoms with Crippen LogP contribution in [0.4, 0.5) is 11.4 Å². The lowest BCUT2D eigenvalue weighted by molar-refractivity contribution is -0.121. The number of hydrogen-bond acceptors (Lipinski definition) is 3. The molecule has 1 aromatic heterocycles. The molecule has 0 saturated heterocycles. The van der Waals surface area contributed by atoms with Crippen LogP contribution in [0.3, 0.4) is 0 Å². The summed E-state index contributed by atoms with van der Waals surface area (Å²) in [6.07, 6.45) is 6.53. The van der Waals surface area contributed by atoms with Gasteiger partial charge in [0.05, 0.1) is 11.7 Å². The number of carbonyl (C=O) groups excluding carboxylic acids is 2. The molecule has 2 aliphatic rings. The van der Waals surface area contributed by atoms with E-state index in [0.717, 1.165) is 36.9 Å². The molecule has 118 valence electrons. The molecule has 1 spiro atoms. The van der Waals surface area contributed by atoms with E-state index in [4.69, 9.17) is 4.42 Å². The summed E-state index contributed by atoms with van der Waals surface area (Å²) < 4.78 is 5.11. The van der Waals surface area contributed by atoms with E-state index in [2.05, 4.69) is 10.6 Å². The Kier molecular flexibility index (Phi) is 3.22. The second-order valence-electron chi connectivity index (χ2n) is 6.29. The average molecular weight is 310 g/mol. The van der Waals surface area contributed by atoms with Crippen molar-refractivity contribution in [2.75, 3.05) is 10.6 Å². The van der Waals surface area contributed by atoms with E-state index in [1.165, 1.54) is 12.7 Å². The number of rotatable bonds is 2. The average Bonchev–Trinajstić information content (AvgIpc) is 3.18. The molecular formula is C18H18N2O3. The van der Waals surface area contributed by atoms with Gasteiger partial charge in [-0.1, -0.05) is 19.3 Å². The van der Waals surface area contributed by atoms with E-state index >= 15 is 0 Å². The molecule has 2 aromatic rings. The number of benzene rings is 1. The zero-order valence-corrected chi connectivity index (χ0v) is 12.7. The third kappa shape index (κ3) is 2.23. The number of amides is 2. The summed E-state index contributed by atoms with van der Waals surface area (Å²) in [4.78, 5) is 24.6. The molecule has 1 saturated carbocycles. The number of anilines is 2. The molecular weight excluding hydrogens is 292 g/mol. The van der Waals surface area contributed by atoms with Crippen molar-refractivity contribution in [3.8, 4) is 0 Å². The highest BCUT2D eigenvalue weighted by Crippen LogP contribution is 2.48. The molecule has 4 rings (SSSR count). The van der Waals surface area contributed by atoms with Crippen LogP contribution in [0, 0.1) is 0 Å². The van der Waals surface area contributed by atoms with Crippen molar-refractivity contribution in [1.29, 1.82) is 0 Å². The van der Waals surface area contributed by atoms with Crippen LogP contribution in [0.25, 0.3) is 0 Å². The van der Waals surface area contributed by atoms with Crippen LogP contribution >= 0.6 is 0 Å². The second kappa shape index (κ2) is 5.26. The molecule has 1 aliphatic heterocycles. The Balaban J connectivity index is 1.65. The monoisotopic (exact) mass is 310 g/mol. The van der Waals surface area contributed by atoms with Gasteiger partial charge in [0.25, 0.3) is 5.91 Å². The van der Waals surface area contributed by atoms with Crippen LogP contribution in [-0.2, 0) is 10.2 Å². The van der Waals surface area contributed by atoms with E-state index in [-0.39, 0.29) is 17.6 Å². The largest absolute Gasteiger partial charge is 0.459 e. The predicted octanol–water partition coefficient (Wildman–Crippen LogP) is 3.69. The van der Waals surface area contributed by atoms with Crippen molar-refractivity contribution in [2.45, 2.75) is 37.5 Å². The molecule has 2 heterocycles. The molecule has 5 heteroatoms. The summed E-state index contributed by atoms with van der Waals surface area (Å²) in [7, 11) is 0. The smallest absolute Gasteiger partial charge is 0.291 e.